The summed E-state index contributed by atoms with van der Waals surface area (Å²) in [5.41, 5.74) is 7.14. The number of hydrogen-bond acceptors (Lipinski definition) is 6. The molecule has 0 radical (unpaired) electrons. The van der Waals surface area contributed by atoms with E-state index in [1.807, 2.05) is 54.9 Å². The van der Waals surface area contributed by atoms with Gasteiger partial charge in [-0.05, 0) is 47.7 Å². The SMILES string of the molecule is C=C/C(=C\C(=C/C)c1ccc2[nH]nc(-c3nc4c(-c5cccs5)cncc4[nH]3)c2n1)CN1CCC(F)(F)C1. The Labute approximate surface area is 221 Å². The number of thiophene rings is 1. The van der Waals surface area contributed by atoms with Crippen LogP contribution in [0.1, 0.15) is 19.0 Å². The number of aromatic amines is 2. The highest BCUT2D eigenvalue weighted by Crippen LogP contribution is 2.33. The van der Waals surface area contributed by atoms with E-state index in [-0.39, 0.29) is 13.0 Å². The van der Waals surface area contributed by atoms with Crippen LogP contribution in [0.5, 0.6) is 0 Å². The van der Waals surface area contributed by atoms with Gasteiger partial charge in [0, 0.05) is 36.1 Å². The van der Waals surface area contributed by atoms with E-state index in [0.29, 0.717) is 30.1 Å². The first-order valence-electron chi connectivity index (χ1n) is 12.3. The number of pyridine rings is 2. The van der Waals surface area contributed by atoms with Crippen LogP contribution in [0.2, 0.25) is 0 Å². The normalized spacial score (nSPS) is 16.6. The second kappa shape index (κ2) is 9.70. The van der Waals surface area contributed by atoms with Gasteiger partial charge in [0.2, 0.25) is 0 Å². The first kappa shape index (κ1) is 24.3. The zero-order valence-electron chi connectivity index (χ0n) is 20.7. The van der Waals surface area contributed by atoms with Gasteiger partial charge in [0.1, 0.15) is 11.0 Å². The number of likely N-dealkylation sites (tertiary alicyclic amines) is 1. The molecule has 5 aromatic rings. The average molecular weight is 530 g/mol. The molecule has 7 nitrogen and oxygen atoms in total. The topological polar surface area (TPSA) is 86.4 Å². The average Bonchev–Trinajstić information content (AvgIpc) is 3.71. The van der Waals surface area contributed by atoms with Crippen molar-refractivity contribution in [2.45, 2.75) is 19.3 Å². The second-order valence-corrected chi connectivity index (χ2v) is 10.2. The molecule has 10 heteroatoms. The first-order valence-corrected chi connectivity index (χ1v) is 13.1. The number of nitrogens with zero attached hydrogens (tertiary/aromatic N) is 5. The maximum atomic E-state index is 13.7. The quantitative estimate of drug-likeness (QED) is 0.236. The minimum absolute atomic E-state index is 0.109. The molecular weight excluding hydrogens is 504 g/mol. The number of nitrogens with one attached hydrogen (secondary N) is 2. The molecule has 1 aliphatic rings. The maximum absolute atomic E-state index is 13.7. The van der Waals surface area contributed by atoms with Gasteiger partial charge >= 0.3 is 0 Å². The fraction of sp³-hybridized carbons (Fsp3) is 0.214. The first-order chi connectivity index (χ1) is 18.4. The zero-order valence-corrected chi connectivity index (χ0v) is 21.5. The minimum atomic E-state index is -2.63. The van der Waals surface area contributed by atoms with Crippen LogP contribution < -0.4 is 0 Å². The Kier molecular flexibility index (Phi) is 6.21. The van der Waals surface area contributed by atoms with E-state index in [2.05, 4.69) is 26.7 Å². The highest BCUT2D eigenvalue weighted by Gasteiger charge is 2.37. The summed E-state index contributed by atoms with van der Waals surface area (Å²) in [6.07, 6.45) is 9.10. The van der Waals surface area contributed by atoms with Crippen molar-refractivity contribution in [1.29, 1.82) is 0 Å². The van der Waals surface area contributed by atoms with Crippen LogP contribution in [0.25, 0.3) is 49.6 Å². The molecule has 192 valence electrons. The molecule has 1 saturated heterocycles. The van der Waals surface area contributed by atoms with Crippen LogP contribution in [0.4, 0.5) is 8.78 Å². The number of fused-ring (bicyclic) bond motifs is 2. The number of halogens is 2. The number of alkyl halides is 2. The van der Waals surface area contributed by atoms with Crippen LogP contribution in [0.3, 0.4) is 0 Å². The molecule has 0 aliphatic carbocycles. The van der Waals surface area contributed by atoms with Crippen molar-refractivity contribution in [1.82, 2.24) is 35.0 Å². The fourth-order valence-electron chi connectivity index (χ4n) is 4.76. The Morgan fingerprint density at radius 3 is 2.82 bits per heavy atom. The van der Waals surface area contributed by atoms with Crippen LogP contribution in [-0.2, 0) is 0 Å². The fourth-order valence-corrected chi connectivity index (χ4v) is 5.49. The maximum Gasteiger partial charge on any atom is 0.261 e. The molecule has 1 fully saturated rings. The van der Waals surface area contributed by atoms with Crippen molar-refractivity contribution in [2.75, 3.05) is 19.6 Å². The lowest BCUT2D eigenvalue weighted by atomic mass is 10.1. The minimum Gasteiger partial charge on any atom is -0.335 e. The Bertz CT molecular complexity index is 1690. The summed E-state index contributed by atoms with van der Waals surface area (Å²) in [6, 6.07) is 7.90. The van der Waals surface area contributed by atoms with Crippen molar-refractivity contribution in [3.63, 3.8) is 0 Å². The van der Waals surface area contributed by atoms with Gasteiger partial charge in [0.05, 0.1) is 29.5 Å². The van der Waals surface area contributed by atoms with Crippen molar-refractivity contribution in [2.24, 2.45) is 0 Å². The molecule has 38 heavy (non-hydrogen) atoms. The molecule has 5 aromatic heterocycles. The van der Waals surface area contributed by atoms with E-state index in [4.69, 9.17) is 9.97 Å². The number of rotatable bonds is 7. The molecule has 6 heterocycles. The second-order valence-electron chi connectivity index (χ2n) is 9.29. The van der Waals surface area contributed by atoms with Gasteiger partial charge in [-0.2, -0.15) is 5.10 Å². The molecular formula is C28H25F2N7S. The summed E-state index contributed by atoms with van der Waals surface area (Å²) < 4.78 is 27.3. The third-order valence-electron chi connectivity index (χ3n) is 6.68. The van der Waals surface area contributed by atoms with Crippen LogP contribution in [0.15, 0.2) is 72.4 Å². The van der Waals surface area contributed by atoms with Crippen LogP contribution >= 0.6 is 11.3 Å². The summed E-state index contributed by atoms with van der Waals surface area (Å²) in [5, 5.41) is 9.59. The van der Waals surface area contributed by atoms with Gasteiger partial charge in [0.15, 0.2) is 11.5 Å². The summed E-state index contributed by atoms with van der Waals surface area (Å²) in [7, 11) is 0. The molecule has 0 aromatic carbocycles. The molecule has 0 atom stereocenters. The van der Waals surface area contributed by atoms with E-state index in [1.165, 1.54) is 0 Å². The van der Waals surface area contributed by atoms with Gasteiger partial charge in [-0.15, -0.1) is 11.3 Å². The Balaban J connectivity index is 1.35. The smallest absolute Gasteiger partial charge is 0.261 e. The van der Waals surface area contributed by atoms with Gasteiger partial charge < -0.3 is 4.98 Å². The van der Waals surface area contributed by atoms with Gasteiger partial charge in [0.25, 0.3) is 5.92 Å². The molecule has 0 amide bonds. The molecule has 0 bridgehead atoms. The molecule has 1 aliphatic heterocycles. The highest BCUT2D eigenvalue weighted by molar-refractivity contribution is 7.13. The molecule has 6 rings (SSSR count). The van der Waals surface area contributed by atoms with E-state index in [9.17, 15) is 8.78 Å². The molecule has 0 unspecified atom stereocenters. The van der Waals surface area contributed by atoms with Gasteiger partial charge in [-0.3, -0.25) is 15.0 Å². The van der Waals surface area contributed by atoms with Crippen LogP contribution in [-0.4, -0.2) is 60.6 Å². The van der Waals surface area contributed by atoms with E-state index in [1.54, 1.807) is 28.5 Å². The Morgan fingerprint density at radius 2 is 2.08 bits per heavy atom. The molecule has 0 spiro atoms. The van der Waals surface area contributed by atoms with Crippen LogP contribution in [0, 0.1) is 0 Å². The largest absolute Gasteiger partial charge is 0.335 e. The third-order valence-corrected chi connectivity index (χ3v) is 7.58. The van der Waals surface area contributed by atoms with E-state index < -0.39 is 5.92 Å². The summed E-state index contributed by atoms with van der Waals surface area (Å²) in [4.78, 5) is 20.4. The number of imidazole rings is 1. The Hall–Kier alpha value is -4.02. The predicted octanol–water partition coefficient (Wildman–Crippen LogP) is 6.48. The Morgan fingerprint density at radius 1 is 1.18 bits per heavy atom. The van der Waals surface area contributed by atoms with Crippen molar-refractivity contribution < 1.29 is 8.78 Å². The number of H-pyrrole nitrogens is 2. The van der Waals surface area contributed by atoms with Crippen molar-refractivity contribution in [3.8, 4) is 22.0 Å². The third kappa shape index (κ3) is 4.57. The van der Waals surface area contributed by atoms with Crippen molar-refractivity contribution >= 4 is 39.0 Å². The number of allylic oxidation sites excluding steroid dienone is 3. The van der Waals surface area contributed by atoms with Gasteiger partial charge in [-0.1, -0.05) is 24.8 Å². The lowest BCUT2D eigenvalue weighted by Crippen LogP contribution is -2.26. The summed E-state index contributed by atoms with van der Waals surface area (Å²) >= 11 is 1.64. The van der Waals surface area contributed by atoms with Gasteiger partial charge in [-0.25, -0.2) is 18.7 Å². The predicted molar refractivity (Wildman–Crippen MR) is 148 cm³/mol. The summed E-state index contributed by atoms with van der Waals surface area (Å²) in [6.45, 7) is 6.38. The zero-order chi connectivity index (χ0) is 26.3. The summed E-state index contributed by atoms with van der Waals surface area (Å²) in [5.74, 6) is -2.03. The lowest BCUT2D eigenvalue weighted by molar-refractivity contribution is 0.0131. The molecule has 2 N–H and O–H groups in total. The monoisotopic (exact) mass is 529 g/mol. The van der Waals surface area contributed by atoms with E-state index in [0.717, 1.165) is 43.8 Å². The van der Waals surface area contributed by atoms with Crippen molar-refractivity contribution in [3.05, 3.63) is 78.1 Å². The highest BCUT2D eigenvalue weighted by atomic mass is 32.1. The van der Waals surface area contributed by atoms with E-state index >= 15 is 0 Å². The lowest BCUT2D eigenvalue weighted by Gasteiger charge is -2.16. The molecule has 0 saturated carbocycles. The number of hydrogen-bond donors (Lipinski definition) is 2. The standard InChI is InChI=1S/C28H25F2N7S/c1-3-17(15-37-10-9-28(29,30)16-37)12-18(4-2)20-7-8-21-25(32-20)26(36-35-21)27-33-22-14-31-13-19(24(22)34-27)23-6-5-11-38-23/h3-8,11-14H,1,9-10,15-16H2,2H3,(H,33,34)(H,35,36)/b17-12+,18-4+. The number of aromatic nitrogens is 6.